The van der Waals surface area contributed by atoms with E-state index in [-0.39, 0.29) is 23.5 Å². The maximum Gasteiger partial charge on any atom is 0.245 e. The minimum Gasteiger partial charge on any atom is -0.325 e. The summed E-state index contributed by atoms with van der Waals surface area (Å²) in [6.07, 6.45) is 1.57. The number of piperazine rings is 1. The van der Waals surface area contributed by atoms with Gasteiger partial charge in [0.15, 0.2) is 0 Å². The highest BCUT2D eigenvalue weighted by Gasteiger charge is 2.35. The molecule has 0 radical (unpaired) electrons. The molecule has 2 atom stereocenters. The van der Waals surface area contributed by atoms with Crippen LogP contribution in [0, 0.1) is 0 Å². The second-order valence-electron chi connectivity index (χ2n) is 5.34. The van der Waals surface area contributed by atoms with Crippen molar-refractivity contribution >= 4 is 10.0 Å². The van der Waals surface area contributed by atoms with Crippen LogP contribution in [0.1, 0.15) is 19.5 Å². The number of hydrogen-bond acceptors (Lipinski definition) is 5. The number of hydrogen-bond donors (Lipinski definition) is 1. The molecule has 2 heterocycles. The largest absolute Gasteiger partial charge is 0.325 e. The summed E-state index contributed by atoms with van der Waals surface area (Å²) in [5, 5.41) is 0. The van der Waals surface area contributed by atoms with E-state index in [1.165, 1.54) is 0 Å². The van der Waals surface area contributed by atoms with E-state index in [9.17, 15) is 8.42 Å². The van der Waals surface area contributed by atoms with Gasteiger partial charge in [0.05, 0.1) is 5.69 Å². The molecule has 0 amide bonds. The van der Waals surface area contributed by atoms with Crippen molar-refractivity contribution in [3.8, 4) is 0 Å². The highest BCUT2D eigenvalue weighted by molar-refractivity contribution is 7.89. The fourth-order valence-electron chi connectivity index (χ4n) is 2.50. The van der Waals surface area contributed by atoms with Crippen LogP contribution >= 0.6 is 0 Å². The Morgan fingerprint density at radius 3 is 2.50 bits per heavy atom. The van der Waals surface area contributed by atoms with Gasteiger partial charge < -0.3 is 5.73 Å². The van der Waals surface area contributed by atoms with E-state index in [1.54, 1.807) is 22.6 Å². The molecule has 20 heavy (non-hydrogen) atoms. The molecule has 2 unspecified atom stereocenters. The third-order valence-electron chi connectivity index (χ3n) is 3.99. The lowest BCUT2D eigenvalue weighted by Gasteiger charge is -2.41. The van der Waals surface area contributed by atoms with E-state index in [2.05, 4.69) is 9.88 Å². The number of sulfonamides is 1. The molecule has 1 aliphatic heterocycles. The number of likely N-dealkylation sites (N-methyl/N-ethyl adjacent to an activating group) is 1. The van der Waals surface area contributed by atoms with Gasteiger partial charge in [-0.05, 0) is 33.0 Å². The molecule has 0 aliphatic carbocycles. The van der Waals surface area contributed by atoms with Gasteiger partial charge in [0.25, 0.3) is 0 Å². The van der Waals surface area contributed by atoms with Crippen molar-refractivity contribution in [3.05, 3.63) is 24.0 Å². The Morgan fingerprint density at radius 2 is 1.95 bits per heavy atom. The fraction of sp³-hybridized carbons (Fsp3) is 0.615. The molecule has 1 aromatic heterocycles. The van der Waals surface area contributed by atoms with Crippen LogP contribution < -0.4 is 5.73 Å². The van der Waals surface area contributed by atoms with Crippen LogP contribution in [0.25, 0.3) is 0 Å². The highest BCUT2D eigenvalue weighted by atomic mass is 32.2. The normalized spacial score (nSPS) is 25.8. The zero-order valence-corrected chi connectivity index (χ0v) is 13.0. The van der Waals surface area contributed by atoms with E-state index >= 15 is 0 Å². The average molecular weight is 298 g/mol. The summed E-state index contributed by atoms with van der Waals surface area (Å²) in [7, 11) is -1.51. The van der Waals surface area contributed by atoms with Crippen LogP contribution in [0.5, 0.6) is 0 Å². The quantitative estimate of drug-likeness (QED) is 0.865. The molecule has 0 bridgehead atoms. The number of pyridine rings is 1. The Labute approximate surface area is 120 Å². The first kappa shape index (κ1) is 15.4. The van der Waals surface area contributed by atoms with Crippen molar-refractivity contribution in [3.63, 3.8) is 0 Å². The zero-order valence-electron chi connectivity index (χ0n) is 12.2. The number of nitrogens with zero attached hydrogens (tertiary/aromatic N) is 3. The van der Waals surface area contributed by atoms with E-state index in [1.807, 2.05) is 20.9 Å². The van der Waals surface area contributed by atoms with Crippen molar-refractivity contribution in [1.29, 1.82) is 0 Å². The Balaban J connectivity index is 2.36. The predicted octanol–water partition coefficient (Wildman–Crippen LogP) is 0.253. The highest BCUT2D eigenvalue weighted by Crippen LogP contribution is 2.23. The molecule has 6 nitrogen and oxygen atoms in total. The molecule has 1 fully saturated rings. The van der Waals surface area contributed by atoms with Crippen LogP contribution in [0.2, 0.25) is 0 Å². The van der Waals surface area contributed by atoms with Crippen LogP contribution in [0.3, 0.4) is 0 Å². The molecule has 1 saturated heterocycles. The SMILES string of the molecule is CC1CN(S(=O)(=O)c2cccnc2CN)CC(C)N1C. The third kappa shape index (κ3) is 2.71. The monoisotopic (exact) mass is 298 g/mol. The van der Waals surface area contributed by atoms with Crippen LogP contribution in [-0.2, 0) is 16.6 Å². The summed E-state index contributed by atoms with van der Waals surface area (Å²) in [6.45, 7) is 5.16. The molecule has 0 saturated carbocycles. The number of aromatic nitrogens is 1. The summed E-state index contributed by atoms with van der Waals surface area (Å²) in [5.74, 6) is 0. The molecule has 2 N–H and O–H groups in total. The molecule has 7 heteroatoms. The third-order valence-corrected chi connectivity index (χ3v) is 5.89. The second-order valence-corrected chi connectivity index (χ2v) is 7.24. The summed E-state index contributed by atoms with van der Waals surface area (Å²) >= 11 is 0. The number of rotatable bonds is 3. The lowest BCUT2D eigenvalue weighted by molar-refractivity contribution is 0.105. The Hall–Kier alpha value is -1.02. The molecule has 2 rings (SSSR count). The zero-order chi connectivity index (χ0) is 14.9. The molecular formula is C13H22N4O2S. The first-order valence-corrected chi connectivity index (χ1v) is 8.18. The maximum absolute atomic E-state index is 12.8. The molecule has 0 aromatic carbocycles. The number of nitrogens with two attached hydrogens (primary N) is 1. The standard InChI is InChI=1S/C13H22N4O2S/c1-10-8-17(9-11(2)16(10)3)20(18,19)13-5-4-6-15-12(13)7-14/h4-6,10-11H,7-9,14H2,1-3H3. The van der Waals surface area contributed by atoms with Crippen molar-refractivity contribution in [2.24, 2.45) is 5.73 Å². The maximum atomic E-state index is 12.8. The van der Waals surface area contributed by atoms with Gasteiger partial charge in [-0.3, -0.25) is 9.88 Å². The Kier molecular flexibility index (Phi) is 4.43. The van der Waals surface area contributed by atoms with Crippen LogP contribution in [0.4, 0.5) is 0 Å². The van der Waals surface area contributed by atoms with E-state index in [0.29, 0.717) is 18.8 Å². The molecule has 1 aliphatic rings. The van der Waals surface area contributed by atoms with Gasteiger partial charge in [-0.15, -0.1) is 0 Å². The topological polar surface area (TPSA) is 79.5 Å². The van der Waals surface area contributed by atoms with Gasteiger partial charge in [-0.2, -0.15) is 4.31 Å². The van der Waals surface area contributed by atoms with Gasteiger partial charge in [-0.25, -0.2) is 8.42 Å². The van der Waals surface area contributed by atoms with Crippen molar-refractivity contribution in [2.75, 3.05) is 20.1 Å². The summed E-state index contributed by atoms with van der Waals surface area (Å²) in [6, 6.07) is 3.59. The minimum absolute atomic E-state index is 0.119. The van der Waals surface area contributed by atoms with Gasteiger partial charge in [0, 0.05) is 37.9 Å². The lowest BCUT2D eigenvalue weighted by atomic mass is 10.1. The lowest BCUT2D eigenvalue weighted by Crippen LogP contribution is -2.56. The van der Waals surface area contributed by atoms with Crippen molar-refractivity contribution < 1.29 is 8.42 Å². The first-order chi connectivity index (χ1) is 9.37. The van der Waals surface area contributed by atoms with E-state index < -0.39 is 10.0 Å². The summed E-state index contributed by atoms with van der Waals surface area (Å²) < 4.78 is 27.1. The molecular weight excluding hydrogens is 276 g/mol. The van der Waals surface area contributed by atoms with E-state index in [0.717, 1.165) is 0 Å². The average Bonchev–Trinajstić information content (AvgIpc) is 2.44. The molecule has 112 valence electrons. The molecule has 0 spiro atoms. The van der Waals surface area contributed by atoms with Crippen molar-refractivity contribution in [2.45, 2.75) is 37.4 Å². The summed E-state index contributed by atoms with van der Waals surface area (Å²) in [5.41, 5.74) is 6.02. The first-order valence-electron chi connectivity index (χ1n) is 6.74. The Bertz CT molecular complexity index is 563. The predicted molar refractivity (Wildman–Crippen MR) is 77.6 cm³/mol. The van der Waals surface area contributed by atoms with Crippen molar-refractivity contribution in [1.82, 2.24) is 14.2 Å². The fourth-order valence-corrected chi connectivity index (χ4v) is 4.29. The van der Waals surface area contributed by atoms with Gasteiger partial charge >= 0.3 is 0 Å². The Morgan fingerprint density at radius 1 is 1.35 bits per heavy atom. The van der Waals surface area contributed by atoms with Gasteiger partial charge in [0.1, 0.15) is 4.90 Å². The molecule has 1 aromatic rings. The second kappa shape index (κ2) is 5.77. The van der Waals surface area contributed by atoms with Gasteiger partial charge in [0.2, 0.25) is 10.0 Å². The minimum atomic E-state index is -3.53. The van der Waals surface area contributed by atoms with Gasteiger partial charge in [-0.1, -0.05) is 0 Å². The smallest absolute Gasteiger partial charge is 0.245 e. The van der Waals surface area contributed by atoms with Crippen LogP contribution in [0.15, 0.2) is 23.2 Å². The van der Waals surface area contributed by atoms with Crippen LogP contribution in [-0.4, -0.2) is 54.8 Å². The van der Waals surface area contributed by atoms with E-state index in [4.69, 9.17) is 5.73 Å². The summed E-state index contributed by atoms with van der Waals surface area (Å²) in [4.78, 5) is 6.49.